The van der Waals surface area contributed by atoms with Crippen LogP contribution in [0.2, 0.25) is 0 Å². The number of hydrogen-bond acceptors (Lipinski definition) is 4. The van der Waals surface area contributed by atoms with Crippen molar-refractivity contribution in [2.24, 2.45) is 0 Å². The fourth-order valence-corrected chi connectivity index (χ4v) is 2.32. The lowest BCUT2D eigenvalue weighted by Crippen LogP contribution is -2.53. The molecule has 0 spiro atoms. The molecule has 1 N–H and O–H groups in total. The number of aliphatic hydroxyl groups excluding tert-OH is 1. The zero-order chi connectivity index (χ0) is 14.5. The van der Waals surface area contributed by atoms with E-state index < -0.39 is 5.92 Å². The Morgan fingerprint density at radius 2 is 2.25 bits per heavy atom. The first-order valence-electron chi connectivity index (χ1n) is 6.65. The van der Waals surface area contributed by atoms with Crippen molar-refractivity contribution in [3.05, 3.63) is 35.9 Å². The van der Waals surface area contributed by atoms with Crippen molar-refractivity contribution >= 4 is 5.91 Å². The number of nitrogens with zero attached hydrogens (tertiary/aromatic N) is 2. The highest BCUT2D eigenvalue weighted by Gasteiger charge is 2.33. The minimum absolute atomic E-state index is 0.0927. The summed E-state index contributed by atoms with van der Waals surface area (Å²) >= 11 is 0. The van der Waals surface area contributed by atoms with E-state index in [2.05, 4.69) is 6.07 Å². The molecule has 0 radical (unpaired) electrons. The molecule has 0 aromatic heterocycles. The summed E-state index contributed by atoms with van der Waals surface area (Å²) < 4.78 is 5.41. The highest BCUT2D eigenvalue weighted by molar-refractivity contribution is 5.86. The van der Waals surface area contributed by atoms with E-state index in [-0.39, 0.29) is 24.7 Å². The molecule has 3 atom stereocenters. The fourth-order valence-electron chi connectivity index (χ4n) is 2.32. The lowest BCUT2D eigenvalue weighted by atomic mass is 9.98. The monoisotopic (exact) mass is 274 g/mol. The van der Waals surface area contributed by atoms with Crippen molar-refractivity contribution in [3.8, 4) is 6.07 Å². The number of morpholine rings is 1. The molecule has 20 heavy (non-hydrogen) atoms. The van der Waals surface area contributed by atoms with E-state index >= 15 is 0 Å². The van der Waals surface area contributed by atoms with Crippen LogP contribution in [0.4, 0.5) is 0 Å². The Hall–Kier alpha value is -1.90. The Bertz CT molecular complexity index is 498. The van der Waals surface area contributed by atoms with Crippen molar-refractivity contribution in [2.45, 2.75) is 25.0 Å². The summed E-state index contributed by atoms with van der Waals surface area (Å²) in [5.74, 6) is -1.04. The van der Waals surface area contributed by atoms with Crippen LogP contribution in [0.3, 0.4) is 0 Å². The van der Waals surface area contributed by atoms with E-state index in [1.165, 1.54) is 0 Å². The number of benzene rings is 1. The summed E-state index contributed by atoms with van der Waals surface area (Å²) in [6, 6.07) is 11.0. The molecule has 0 aliphatic carbocycles. The average Bonchev–Trinajstić information content (AvgIpc) is 2.49. The topological polar surface area (TPSA) is 73.6 Å². The summed E-state index contributed by atoms with van der Waals surface area (Å²) in [5, 5.41) is 18.5. The standard InChI is InChI=1S/C15H18N2O3/c1-11-10-20-13(9-18)8-17(11)15(19)14(7-16)12-5-3-2-4-6-12/h2-6,11,13-14,18H,8-10H2,1H3. The SMILES string of the molecule is CC1COC(CO)CN1C(=O)C(C#N)c1ccccc1. The first-order valence-corrected chi connectivity index (χ1v) is 6.65. The van der Waals surface area contributed by atoms with Gasteiger partial charge in [0.05, 0.1) is 31.4 Å². The largest absolute Gasteiger partial charge is 0.394 e. The second-order valence-electron chi connectivity index (χ2n) is 4.95. The quantitative estimate of drug-likeness (QED) is 0.889. The smallest absolute Gasteiger partial charge is 0.244 e. The molecule has 1 aliphatic heterocycles. The second-order valence-corrected chi connectivity index (χ2v) is 4.95. The molecule has 3 unspecified atom stereocenters. The Morgan fingerprint density at radius 3 is 2.85 bits per heavy atom. The Balaban J connectivity index is 2.18. The maximum absolute atomic E-state index is 12.6. The van der Waals surface area contributed by atoms with Crippen LogP contribution in [-0.4, -0.2) is 47.8 Å². The molecule has 1 heterocycles. The number of aliphatic hydroxyl groups is 1. The lowest BCUT2D eigenvalue weighted by molar-refractivity contribution is -0.146. The molecule has 5 heteroatoms. The first kappa shape index (κ1) is 14.5. The summed E-state index contributed by atoms with van der Waals surface area (Å²) in [5.41, 5.74) is 0.694. The van der Waals surface area contributed by atoms with Crippen LogP contribution in [0.25, 0.3) is 0 Å². The summed E-state index contributed by atoms with van der Waals surface area (Å²) in [6.07, 6.45) is -0.370. The van der Waals surface area contributed by atoms with Crippen LogP contribution < -0.4 is 0 Å². The van der Waals surface area contributed by atoms with Gasteiger partial charge in [-0.15, -0.1) is 0 Å². The van der Waals surface area contributed by atoms with Gasteiger partial charge < -0.3 is 14.7 Å². The molecule has 1 aliphatic rings. The van der Waals surface area contributed by atoms with Crippen molar-refractivity contribution in [2.75, 3.05) is 19.8 Å². The van der Waals surface area contributed by atoms with Crippen molar-refractivity contribution in [1.29, 1.82) is 5.26 Å². The third-order valence-corrected chi connectivity index (χ3v) is 3.50. The predicted octanol–water partition coefficient (Wildman–Crippen LogP) is 0.902. The number of ether oxygens (including phenoxy) is 1. The zero-order valence-corrected chi connectivity index (χ0v) is 11.4. The van der Waals surface area contributed by atoms with Crippen LogP contribution in [0.1, 0.15) is 18.4 Å². The van der Waals surface area contributed by atoms with Gasteiger partial charge in [-0.2, -0.15) is 5.26 Å². The fraction of sp³-hybridized carbons (Fsp3) is 0.467. The second kappa shape index (κ2) is 6.51. The summed E-state index contributed by atoms with van der Waals surface area (Å²) in [7, 11) is 0. The number of carbonyl (C=O) groups excluding carboxylic acids is 1. The van der Waals surface area contributed by atoms with Crippen LogP contribution in [-0.2, 0) is 9.53 Å². The molecular weight excluding hydrogens is 256 g/mol. The molecule has 1 aromatic rings. The molecule has 1 fully saturated rings. The van der Waals surface area contributed by atoms with E-state index in [4.69, 9.17) is 9.84 Å². The van der Waals surface area contributed by atoms with Crippen molar-refractivity contribution < 1.29 is 14.6 Å². The van der Waals surface area contributed by atoms with E-state index in [0.29, 0.717) is 18.7 Å². The molecule has 1 amide bonds. The summed E-state index contributed by atoms with van der Waals surface area (Å²) in [4.78, 5) is 14.2. The van der Waals surface area contributed by atoms with E-state index in [1.54, 1.807) is 17.0 Å². The van der Waals surface area contributed by atoms with Crippen molar-refractivity contribution in [3.63, 3.8) is 0 Å². The van der Waals surface area contributed by atoms with Gasteiger partial charge in [-0.3, -0.25) is 4.79 Å². The van der Waals surface area contributed by atoms with Gasteiger partial charge in [-0.1, -0.05) is 30.3 Å². The van der Waals surface area contributed by atoms with Crippen LogP contribution >= 0.6 is 0 Å². The van der Waals surface area contributed by atoms with E-state index in [0.717, 1.165) is 0 Å². The van der Waals surface area contributed by atoms with Crippen LogP contribution in [0, 0.1) is 11.3 Å². The summed E-state index contributed by atoms with van der Waals surface area (Å²) in [6.45, 7) is 2.45. The van der Waals surface area contributed by atoms with Gasteiger partial charge in [0.1, 0.15) is 5.92 Å². The van der Waals surface area contributed by atoms with Gasteiger partial charge in [0, 0.05) is 6.54 Å². The molecule has 106 valence electrons. The van der Waals surface area contributed by atoms with E-state index in [9.17, 15) is 10.1 Å². The molecule has 1 aromatic carbocycles. The van der Waals surface area contributed by atoms with Crippen LogP contribution in [0.15, 0.2) is 30.3 Å². The third kappa shape index (κ3) is 2.98. The molecule has 2 rings (SSSR count). The highest BCUT2D eigenvalue weighted by Crippen LogP contribution is 2.21. The average molecular weight is 274 g/mol. The van der Waals surface area contributed by atoms with Gasteiger partial charge in [0.25, 0.3) is 0 Å². The number of carbonyl (C=O) groups is 1. The van der Waals surface area contributed by atoms with Gasteiger partial charge in [-0.25, -0.2) is 0 Å². The van der Waals surface area contributed by atoms with Crippen LogP contribution in [0.5, 0.6) is 0 Å². The van der Waals surface area contributed by atoms with Gasteiger partial charge in [0.2, 0.25) is 5.91 Å². The molecule has 5 nitrogen and oxygen atoms in total. The first-order chi connectivity index (χ1) is 9.67. The Morgan fingerprint density at radius 1 is 1.55 bits per heavy atom. The predicted molar refractivity (Wildman–Crippen MR) is 72.8 cm³/mol. The molecule has 1 saturated heterocycles. The van der Waals surface area contributed by atoms with Gasteiger partial charge in [0.15, 0.2) is 0 Å². The maximum atomic E-state index is 12.6. The third-order valence-electron chi connectivity index (χ3n) is 3.50. The lowest BCUT2D eigenvalue weighted by Gasteiger charge is -2.38. The Labute approximate surface area is 118 Å². The minimum atomic E-state index is -0.809. The van der Waals surface area contributed by atoms with Crippen molar-refractivity contribution in [1.82, 2.24) is 4.90 Å². The van der Waals surface area contributed by atoms with E-state index in [1.807, 2.05) is 25.1 Å². The van der Waals surface area contributed by atoms with Gasteiger partial charge in [-0.05, 0) is 12.5 Å². The highest BCUT2D eigenvalue weighted by atomic mass is 16.5. The zero-order valence-electron chi connectivity index (χ0n) is 11.4. The normalized spacial score (nSPS) is 23.9. The number of hydrogen-bond donors (Lipinski definition) is 1. The maximum Gasteiger partial charge on any atom is 0.244 e. The molecular formula is C15H18N2O3. The number of amides is 1. The molecule has 0 bridgehead atoms. The minimum Gasteiger partial charge on any atom is -0.394 e. The Kier molecular flexibility index (Phi) is 4.72. The molecule has 0 saturated carbocycles. The number of rotatable bonds is 3. The van der Waals surface area contributed by atoms with Gasteiger partial charge >= 0.3 is 0 Å². The number of nitriles is 1.